The monoisotopic (exact) mass is 320 g/mol. The maximum absolute atomic E-state index is 14.2. The van der Waals surface area contributed by atoms with E-state index in [1.807, 2.05) is 13.8 Å². The summed E-state index contributed by atoms with van der Waals surface area (Å²) < 4.78 is 14.2. The Bertz CT molecular complexity index is 611. The number of anilines is 1. The number of nitrogens with zero attached hydrogens (tertiary/aromatic N) is 3. The van der Waals surface area contributed by atoms with E-state index in [2.05, 4.69) is 34.1 Å². The molecule has 0 aromatic carbocycles. The quantitative estimate of drug-likeness (QED) is 0.865. The molecule has 0 saturated heterocycles. The van der Waals surface area contributed by atoms with Gasteiger partial charge in [0.2, 0.25) is 5.95 Å². The van der Waals surface area contributed by atoms with Crippen molar-refractivity contribution in [2.45, 2.75) is 65.8 Å². The summed E-state index contributed by atoms with van der Waals surface area (Å²) >= 11 is 0. The third-order valence-corrected chi connectivity index (χ3v) is 3.66. The van der Waals surface area contributed by atoms with E-state index in [1.54, 1.807) is 0 Å². The largest absolute Gasteiger partial charge is 0.352 e. The standard InChI is InChI=1S/C17H25FN4O/c1-10(2)8-9-14-20-16(22-17(21-14)19-11(3)4)12-6-5-7-13(23)15(12)18/h10-11H,5-9H2,1-4H3,(H,19,20,21,22). The molecule has 2 rings (SSSR count). The molecule has 6 heteroatoms. The fraction of sp³-hybridized carbons (Fsp3) is 0.647. The van der Waals surface area contributed by atoms with Gasteiger partial charge in [-0.25, -0.2) is 9.37 Å². The van der Waals surface area contributed by atoms with Gasteiger partial charge in [0.15, 0.2) is 17.4 Å². The number of nitrogens with one attached hydrogen (secondary N) is 1. The highest BCUT2D eigenvalue weighted by molar-refractivity contribution is 6.01. The molecule has 1 aromatic heterocycles. The number of aromatic nitrogens is 3. The van der Waals surface area contributed by atoms with Gasteiger partial charge in [-0.2, -0.15) is 9.97 Å². The molecule has 23 heavy (non-hydrogen) atoms. The number of aryl methyl sites for hydroxylation is 1. The highest BCUT2D eigenvalue weighted by Crippen LogP contribution is 2.29. The molecule has 126 valence electrons. The third kappa shape index (κ3) is 4.81. The predicted octanol–water partition coefficient (Wildman–Crippen LogP) is 3.71. The zero-order valence-electron chi connectivity index (χ0n) is 14.3. The Kier molecular flexibility index (Phi) is 5.80. The van der Waals surface area contributed by atoms with Gasteiger partial charge in [-0.05, 0) is 39.0 Å². The summed E-state index contributed by atoms with van der Waals surface area (Å²) in [6.07, 6.45) is 3.05. The van der Waals surface area contributed by atoms with Gasteiger partial charge in [0.05, 0.1) is 0 Å². The van der Waals surface area contributed by atoms with E-state index in [9.17, 15) is 9.18 Å². The van der Waals surface area contributed by atoms with Gasteiger partial charge >= 0.3 is 0 Å². The van der Waals surface area contributed by atoms with Crippen molar-refractivity contribution in [3.8, 4) is 0 Å². The fourth-order valence-electron chi connectivity index (χ4n) is 2.43. The van der Waals surface area contributed by atoms with Gasteiger partial charge in [0.25, 0.3) is 0 Å². The molecular formula is C17H25FN4O. The first-order valence-electron chi connectivity index (χ1n) is 8.30. The van der Waals surface area contributed by atoms with Crippen LogP contribution < -0.4 is 5.32 Å². The highest BCUT2D eigenvalue weighted by Gasteiger charge is 2.24. The zero-order chi connectivity index (χ0) is 17.0. The van der Waals surface area contributed by atoms with Crippen LogP contribution in [0.1, 0.15) is 65.0 Å². The van der Waals surface area contributed by atoms with E-state index in [-0.39, 0.29) is 12.5 Å². The lowest BCUT2D eigenvalue weighted by atomic mass is 9.97. The second-order valence-electron chi connectivity index (χ2n) is 6.70. The Balaban J connectivity index is 2.39. The molecule has 1 N–H and O–H groups in total. The van der Waals surface area contributed by atoms with Crippen molar-refractivity contribution >= 4 is 17.3 Å². The van der Waals surface area contributed by atoms with Crippen LogP contribution in [0, 0.1) is 5.92 Å². The molecule has 1 aliphatic rings. The van der Waals surface area contributed by atoms with Crippen molar-refractivity contribution in [3.05, 3.63) is 17.5 Å². The van der Waals surface area contributed by atoms with Crippen LogP contribution in [0.4, 0.5) is 10.3 Å². The molecule has 5 nitrogen and oxygen atoms in total. The summed E-state index contributed by atoms with van der Waals surface area (Å²) in [6.45, 7) is 8.25. The number of ketones is 1. The van der Waals surface area contributed by atoms with Crippen molar-refractivity contribution in [1.29, 1.82) is 0 Å². The van der Waals surface area contributed by atoms with E-state index in [1.165, 1.54) is 0 Å². The molecule has 1 aliphatic carbocycles. The van der Waals surface area contributed by atoms with Gasteiger partial charge in [-0.1, -0.05) is 13.8 Å². The Labute approximate surface area is 136 Å². The molecule has 0 fully saturated rings. The number of halogens is 1. The summed E-state index contributed by atoms with van der Waals surface area (Å²) in [5, 5.41) is 3.15. The van der Waals surface area contributed by atoms with Crippen LogP contribution in [0.15, 0.2) is 5.83 Å². The minimum absolute atomic E-state index is 0.162. The number of hydrogen-bond donors (Lipinski definition) is 1. The molecule has 0 radical (unpaired) electrons. The average Bonchev–Trinajstić information content (AvgIpc) is 2.47. The van der Waals surface area contributed by atoms with Crippen LogP contribution >= 0.6 is 0 Å². The molecule has 0 spiro atoms. The van der Waals surface area contributed by atoms with Crippen molar-refractivity contribution in [2.24, 2.45) is 5.92 Å². The molecule has 0 atom stereocenters. The molecule has 0 unspecified atom stereocenters. The number of Topliss-reactive ketones (excluding diaryl/α,β-unsaturated/α-hetero) is 1. The van der Waals surface area contributed by atoms with E-state index in [4.69, 9.17) is 0 Å². The van der Waals surface area contributed by atoms with Crippen LogP contribution in [0.3, 0.4) is 0 Å². The average molecular weight is 320 g/mol. The third-order valence-electron chi connectivity index (χ3n) is 3.66. The Hall–Kier alpha value is -1.85. The molecule has 0 saturated carbocycles. The SMILES string of the molecule is CC(C)CCc1nc(NC(C)C)nc(C2=C(F)C(=O)CCC2)n1. The molecule has 1 aromatic rings. The molecule has 0 aliphatic heterocycles. The maximum atomic E-state index is 14.2. The second-order valence-corrected chi connectivity index (χ2v) is 6.70. The number of rotatable bonds is 6. The van der Waals surface area contributed by atoms with Crippen molar-refractivity contribution in [1.82, 2.24) is 15.0 Å². The van der Waals surface area contributed by atoms with Crippen molar-refractivity contribution < 1.29 is 9.18 Å². The lowest BCUT2D eigenvalue weighted by Crippen LogP contribution is -2.17. The van der Waals surface area contributed by atoms with Crippen LogP contribution in [0.2, 0.25) is 0 Å². The van der Waals surface area contributed by atoms with Crippen LogP contribution in [-0.4, -0.2) is 26.8 Å². The van der Waals surface area contributed by atoms with Crippen LogP contribution in [-0.2, 0) is 11.2 Å². The van der Waals surface area contributed by atoms with Gasteiger partial charge in [0, 0.05) is 24.5 Å². The first-order valence-corrected chi connectivity index (χ1v) is 8.30. The van der Waals surface area contributed by atoms with E-state index < -0.39 is 11.6 Å². The minimum Gasteiger partial charge on any atom is -0.352 e. The van der Waals surface area contributed by atoms with E-state index >= 15 is 0 Å². The van der Waals surface area contributed by atoms with E-state index in [0.29, 0.717) is 48.4 Å². The van der Waals surface area contributed by atoms with Gasteiger partial charge in [0.1, 0.15) is 5.82 Å². The molecule has 1 heterocycles. The molecule has 0 bridgehead atoms. The summed E-state index contributed by atoms with van der Waals surface area (Å²) in [6, 6.07) is 0.162. The fourth-order valence-corrected chi connectivity index (χ4v) is 2.43. The lowest BCUT2D eigenvalue weighted by Gasteiger charge is -2.16. The van der Waals surface area contributed by atoms with Gasteiger partial charge in [-0.3, -0.25) is 4.79 Å². The van der Waals surface area contributed by atoms with Crippen molar-refractivity contribution in [2.75, 3.05) is 5.32 Å². The Morgan fingerprint density at radius 3 is 2.52 bits per heavy atom. The number of carbonyl (C=O) groups is 1. The first kappa shape index (κ1) is 17.5. The smallest absolute Gasteiger partial charge is 0.226 e. The number of allylic oxidation sites excluding steroid dienone is 2. The topological polar surface area (TPSA) is 67.8 Å². The number of hydrogen-bond acceptors (Lipinski definition) is 5. The Morgan fingerprint density at radius 1 is 1.13 bits per heavy atom. The maximum Gasteiger partial charge on any atom is 0.226 e. The summed E-state index contributed by atoms with van der Waals surface area (Å²) in [5.41, 5.74) is 0.321. The summed E-state index contributed by atoms with van der Waals surface area (Å²) in [5.74, 6) is 0.783. The molecular weight excluding hydrogens is 295 g/mol. The Morgan fingerprint density at radius 2 is 1.87 bits per heavy atom. The molecule has 0 amide bonds. The summed E-state index contributed by atoms with van der Waals surface area (Å²) in [7, 11) is 0. The lowest BCUT2D eigenvalue weighted by molar-refractivity contribution is -0.117. The van der Waals surface area contributed by atoms with E-state index in [0.717, 1.165) is 6.42 Å². The first-order chi connectivity index (χ1) is 10.9. The highest BCUT2D eigenvalue weighted by atomic mass is 19.1. The van der Waals surface area contributed by atoms with Gasteiger partial charge in [-0.15, -0.1) is 0 Å². The second kappa shape index (κ2) is 7.62. The van der Waals surface area contributed by atoms with Crippen LogP contribution in [0.25, 0.3) is 5.57 Å². The van der Waals surface area contributed by atoms with Crippen LogP contribution in [0.5, 0.6) is 0 Å². The number of carbonyl (C=O) groups excluding carboxylic acids is 1. The zero-order valence-corrected chi connectivity index (χ0v) is 14.3. The van der Waals surface area contributed by atoms with Crippen molar-refractivity contribution in [3.63, 3.8) is 0 Å². The minimum atomic E-state index is -0.687. The van der Waals surface area contributed by atoms with Gasteiger partial charge < -0.3 is 5.32 Å². The predicted molar refractivity (Wildman–Crippen MR) is 88.6 cm³/mol. The normalized spacial score (nSPS) is 15.7. The summed E-state index contributed by atoms with van der Waals surface area (Å²) in [4.78, 5) is 24.8.